The van der Waals surface area contributed by atoms with Crippen LogP contribution in [0.4, 0.5) is 0 Å². The molecule has 128 valence electrons. The number of hydrogen-bond acceptors (Lipinski definition) is 4. The molecule has 2 aromatic carbocycles. The second-order valence-corrected chi connectivity index (χ2v) is 6.50. The van der Waals surface area contributed by atoms with Crippen molar-refractivity contribution in [2.45, 2.75) is 18.8 Å². The Bertz CT molecular complexity index is 775. The fraction of sp³-hybridized carbons (Fsp3) is 0.300. The summed E-state index contributed by atoms with van der Waals surface area (Å²) in [6.07, 6.45) is 2.09. The van der Waals surface area contributed by atoms with Crippen molar-refractivity contribution in [2.75, 3.05) is 6.54 Å². The molecule has 2 heterocycles. The minimum Gasteiger partial charge on any atom is -0.464 e. The van der Waals surface area contributed by atoms with Crippen molar-refractivity contribution in [3.05, 3.63) is 88.0 Å². The second kappa shape index (κ2) is 6.69. The van der Waals surface area contributed by atoms with E-state index >= 15 is 0 Å². The summed E-state index contributed by atoms with van der Waals surface area (Å²) in [5, 5.41) is 11.1. The van der Waals surface area contributed by atoms with Crippen LogP contribution in [0.2, 0.25) is 0 Å². The molecule has 0 radical (unpaired) electrons. The van der Waals surface area contributed by atoms with Gasteiger partial charge in [-0.25, -0.2) is 0 Å². The molecule has 4 unspecified atom stereocenters. The van der Waals surface area contributed by atoms with E-state index in [0.717, 1.165) is 17.5 Å². The zero-order valence-electron chi connectivity index (χ0n) is 13.7. The first-order chi connectivity index (χ1) is 12.2. The average molecular weight is 337 g/mol. The maximum Gasteiger partial charge on any atom is 0.210 e. The third-order valence-electron chi connectivity index (χ3n) is 4.88. The van der Waals surface area contributed by atoms with Gasteiger partial charge in [-0.1, -0.05) is 60.7 Å². The lowest BCUT2D eigenvalue weighted by Gasteiger charge is -2.30. The molecule has 0 saturated carbocycles. The fourth-order valence-corrected chi connectivity index (χ4v) is 3.66. The number of nitro groups is 1. The Labute approximate surface area is 146 Å². The third kappa shape index (κ3) is 3.28. The van der Waals surface area contributed by atoms with Crippen LogP contribution >= 0.6 is 0 Å². The van der Waals surface area contributed by atoms with Crippen LogP contribution in [0, 0.1) is 22.0 Å². The van der Waals surface area contributed by atoms with Crippen molar-refractivity contribution in [2.24, 2.45) is 11.8 Å². The highest BCUT2D eigenvalue weighted by Crippen LogP contribution is 2.46. The Morgan fingerprint density at radius 2 is 1.72 bits per heavy atom. The molecule has 0 bridgehead atoms. The summed E-state index contributed by atoms with van der Waals surface area (Å²) in [5.41, 5.74) is 2.00. The molecular formula is C20H19NO4. The van der Waals surface area contributed by atoms with Gasteiger partial charge in [0.15, 0.2) is 0 Å². The highest BCUT2D eigenvalue weighted by Gasteiger charge is 2.46. The van der Waals surface area contributed by atoms with Gasteiger partial charge in [0.25, 0.3) is 0 Å². The molecule has 0 aliphatic carbocycles. The fourth-order valence-electron chi connectivity index (χ4n) is 3.66. The Balaban J connectivity index is 1.61. The lowest BCUT2D eigenvalue weighted by atomic mass is 9.85. The number of nitrogens with zero attached hydrogens (tertiary/aromatic N) is 1. The van der Waals surface area contributed by atoms with E-state index in [9.17, 15) is 10.1 Å². The number of ether oxygens (including phenoxy) is 2. The summed E-state index contributed by atoms with van der Waals surface area (Å²) >= 11 is 0. The molecule has 1 fully saturated rings. The average Bonchev–Trinajstić information content (AvgIpc) is 3.07. The molecule has 2 aliphatic rings. The number of fused-ring (bicyclic) bond motifs is 1. The van der Waals surface area contributed by atoms with Gasteiger partial charge in [-0.2, -0.15) is 0 Å². The molecule has 1 saturated heterocycles. The summed E-state index contributed by atoms with van der Waals surface area (Å²) in [5.74, 6) is 0.461. The van der Waals surface area contributed by atoms with Crippen molar-refractivity contribution in [1.29, 1.82) is 0 Å². The number of hydrogen-bond donors (Lipinski definition) is 0. The quantitative estimate of drug-likeness (QED) is 0.623. The van der Waals surface area contributed by atoms with E-state index in [2.05, 4.69) is 0 Å². The first-order valence-electron chi connectivity index (χ1n) is 8.47. The van der Waals surface area contributed by atoms with Crippen LogP contribution in [0.1, 0.15) is 23.7 Å². The predicted octanol–water partition coefficient (Wildman–Crippen LogP) is 4.05. The zero-order valence-corrected chi connectivity index (χ0v) is 13.7. The number of rotatable bonds is 4. The van der Waals surface area contributed by atoms with E-state index in [1.165, 1.54) is 0 Å². The Morgan fingerprint density at radius 1 is 1.04 bits per heavy atom. The van der Waals surface area contributed by atoms with E-state index in [-0.39, 0.29) is 29.4 Å². The van der Waals surface area contributed by atoms with Crippen LogP contribution in [-0.2, 0) is 9.47 Å². The predicted molar refractivity (Wildman–Crippen MR) is 93.0 cm³/mol. The monoisotopic (exact) mass is 337 g/mol. The maximum atomic E-state index is 11.1. The third-order valence-corrected chi connectivity index (χ3v) is 4.88. The Hall–Kier alpha value is -2.66. The minimum atomic E-state index is -0.449. The first-order valence-corrected chi connectivity index (χ1v) is 8.47. The van der Waals surface area contributed by atoms with E-state index in [0.29, 0.717) is 5.76 Å². The summed E-state index contributed by atoms with van der Waals surface area (Å²) in [6, 6.07) is 19.6. The topological polar surface area (TPSA) is 61.6 Å². The van der Waals surface area contributed by atoms with Crippen LogP contribution < -0.4 is 0 Å². The standard InChI is InChI=1S/C20H19NO4/c22-21(23)13-16-11-18(14-7-3-1-4-8-14)24-20-17(16)12-19(25-20)15-9-5-2-6-10-15/h1-11,16-17,19-20H,12-13H2. The normalized spacial score (nSPS) is 27.9. The van der Waals surface area contributed by atoms with Crippen molar-refractivity contribution < 1.29 is 14.4 Å². The molecule has 5 nitrogen and oxygen atoms in total. The molecule has 4 atom stereocenters. The van der Waals surface area contributed by atoms with Crippen molar-refractivity contribution in [3.8, 4) is 0 Å². The van der Waals surface area contributed by atoms with Gasteiger partial charge in [0.1, 0.15) is 5.76 Å². The lowest BCUT2D eigenvalue weighted by molar-refractivity contribution is -0.488. The molecular weight excluding hydrogens is 318 g/mol. The second-order valence-electron chi connectivity index (χ2n) is 6.50. The first kappa shape index (κ1) is 15.8. The summed E-state index contributed by atoms with van der Waals surface area (Å²) in [6.45, 7) is -0.105. The molecule has 0 amide bonds. The Morgan fingerprint density at radius 3 is 2.40 bits per heavy atom. The molecule has 4 rings (SSSR count). The molecule has 2 aliphatic heterocycles. The lowest BCUT2D eigenvalue weighted by Crippen LogP contribution is -2.33. The summed E-state index contributed by atoms with van der Waals surface area (Å²) in [4.78, 5) is 10.9. The van der Waals surface area contributed by atoms with Gasteiger partial charge < -0.3 is 9.47 Å². The minimum absolute atomic E-state index is 0.0110. The maximum absolute atomic E-state index is 11.1. The van der Waals surface area contributed by atoms with Crippen LogP contribution in [0.15, 0.2) is 66.7 Å². The number of benzene rings is 2. The molecule has 0 spiro atoms. The molecule has 0 N–H and O–H groups in total. The van der Waals surface area contributed by atoms with Crippen molar-refractivity contribution in [1.82, 2.24) is 0 Å². The van der Waals surface area contributed by atoms with E-state index in [4.69, 9.17) is 9.47 Å². The van der Waals surface area contributed by atoms with Crippen molar-refractivity contribution >= 4 is 5.76 Å². The van der Waals surface area contributed by atoms with E-state index < -0.39 is 6.29 Å². The highest BCUT2D eigenvalue weighted by atomic mass is 16.7. The highest BCUT2D eigenvalue weighted by molar-refractivity contribution is 5.60. The van der Waals surface area contributed by atoms with Crippen LogP contribution in [0.25, 0.3) is 5.76 Å². The van der Waals surface area contributed by atoms with Gasteiger partial charge >= 0.3 is 0 Å². The SMILES string of the molecule is O=[N+]([O-])CC1C=C(c2ccccc2)OC2OC(c3ccccc3)CC12. The van der Waals surface area contributed by atoms with Gasteiger partial charge in [-0.15, -0.1) is 0 Å². The van der Waals surface area contributed by atoms with Gasteiger partial charge in [-0.05, 0) is 18.1 Å². The summed E-state index contributed by atoms with van der Waals surface area (Å²) < 4.78 is 12.2. The summed E-state index contributed by atoms with van der Waals surface area (Å²) in [7, 11) is 0. The smallest absolute Gasteiger partial charge is 0.210 e. The molecule has 25 heavy (non-hydrogen) atoms. The Kier molecular flexibility index (Phi) is 4.24. The molecule has 0 aromatic heterocycles. The van der Waals surface area contributed by atoms with Gasteiger partial charge in [0, 0.05) is 16.4 Å². The zero-order chi connectivity index (χ0) is 17.2. The van der Waals surface area contributed by atoms with Crippen LogP contribution in [0.5, 0.6) is 0 Å². The van der Waals surface area contributed by atoms with E-state index in [1.54, 1.807) is 0 Å². The van der Waals surface area contributed by atoms with E-state index in [1.807, 2.05) is 66.7 Å². The van der Waals surface area contributed by atoms with Crippen molar-refractivity contribution in [3.63, 3.8) is 0 Å². The molecule has 2 aromatic rings. The van der Waals surface area contributed by atoms with Gasteiger partial charge in [-0.3, -0.25) is 10.1 Å². The molecule has 5 heteroatoms. The van der Waals surface area contributed by atoms with Crippen LogP contribution in [-0.4, -0.2) is 17.8 Å². The van der Waals surface area contributed by atoms with Gasteiger partial charge in [0.05, 0.1) is 12.0 Å². The van der Waals surface area contributed by atoms with Crippen LogP contribution in [0.3, 0.4) is 0 Å². The van der Waals surface area contributed by atoms with Gasteiger partial charge in [0.2, 0.25) is 12.8 Å². The largest absolute Gasteiger partial charge is 0.464 e.